The number of sulfonamides is 1. The van der Waals surface area contributed by atoms with Crippen LogP contribution < -0.4 is 4.72 Å². The highest BCUT2D eigenvalue weighted by Crippen LogP contribution is 2.24. The standard InChI is InChI=1S/C13H11BrFNO2S/c14-12-7-6-11(15)8-13(12)16-19(17,18)9-10-4-2-1-3-5-10/h1-8,16H,9H2. The zero-order valence-electron chi connectivity index (χ0n) is 9.81. The van der Waals surface area contributed by atoms with Crippen molar-refractivity contribution < 1.29 is 12.8 Å². The highest BCUT2D eigenvalue weighted by atomic mass is 79.9. The van der Waals surface area contributed by atoms with E-state index in [2.05, 4.69) is 20.7 Å². The van der Waals surface area contributed by atoms with Gasteiger partial charge in [0, 0.05) is 4.47 Å². The SMILES string of the molecule is O=S(=O)(Cc1ccccc1)Nc1cc(F)ccc1Br. The van der Waals surface area contributed by atoms with Crippen molar-refractivity contribution in [3.8, 4) is 0 Å². The molecule has 2 aromatic rings. The lowest BCUT2D eigenvalue weighted by Gasteiger charge is -2.09. The summed E-state index contributed by atoms with van der Waals surface area (Å²) in [5.41, 5.74) is 0.860. The van der Waals surface area contributed by atoms with Crippen LogP contribution in [0.2, 0.25) is 0 Å². The average molecular weight is 344 g/mol. The Morgan fingerprint density at radius 3 is 2.47 bits per heavy atom. The minimum Gasteiger partial charge on any atom is -0.282 e. The minimum atomic E-state index is -3.57. The first-order valence-electron chi connectivity index (χ1n) is 5.46. The Hall–Kier alpha value is -1.40. The van der Waals surface area contributed by atoms with Crippen LogP contribution in [0.1, 0.15) is 5.56 Å². The van der Waals surface area contributed by atoms with Gasteiger partial charge in [-0.2, -0.15) is 0 Å². The van der Waals surface area contributed by atoms with Crippen molar-refractivity contribution in [2.45, 2.75) is 5.75 Å². The summed E-state index contributed by atoms with van der Waals surface area (Å²) >= 11 is 3.17. The first-order chi connectivity index (χ1) is 8.96. The molecule has 0 bridgehead atoms. The molecule has 0 saturated heterocycles. The maximum absolute atomic E-state index is 13.1. The molecule has 0 aliphatic rings. The van der Waals surface area contributed by atoms with Gasteiger partial charge in [-0.05, 0) is 39.7 Å². The number of halogens is 2. The molecule has 19 heavy (non-hydrogen) atoms. The van der Waals surface area contributed by atoms with Gasteiger partial charge in [-0.15, -0.1) is 0 Å². The van der Waals surface area contributed by atoms with E-state index >= 15 is 0 Å². The maximum Gasteiger partial charge on any atom is 0.236 e. The molecule has 6 heteroatoms. The van der Waals surface area contributed by atoms with Gasteiger partial charge >= 0.3 is 0 Å². The van der Waals surface area contributed by atoms with Crippen molar-refractivity contribution in [2.75, 3.05) is 4.72 Å². The van der Waals surface area contributed by atoms with Crippen LogP contribution in [0.25, 0.3) is 0 Å². The maximum atomic E-state index is 13.1. The zero-order chi connectivity index (χ0) is 13.9. The van der Waals surface area contributed by atoms with Crippen LogP contribution in [0.15, 0.2) is 53.0 Å². The molecular formula is C13H11BrFNO2S. The van der Waals surface area contributed by atoms with E-state index < -0.39 is 15.8 Å². The van der Waals surface area contributed by atoms with Crippen molar-refractivity contribution in [3.05, 3.63) is 64.4 Å². The summed E-state index contributed by atoms with van der Waals surface area (Å²) in [4.78, 5) is 0. The van der Waals surface area contributed by atoms with Crippen molar-refractivity contribution >= 4 is 31.6 Å². The monoisotopic (exact) mass is 343 g/mol. The summed E-state index contributed by atoms with van der Waals surface area (Å²) in [7, 11) is -3.57. The topological polar surface area (TPSA) is 46.2 Å². The van der Waals surface area contributed by atoms with Crippen molar-refractivity contribution in [1.29, 1.82) is 0 Å². The third-order valence-electron chi connectivity index (χ3n) is 2.39. The lowest BCUT2D eigenvalue weighted by Crippen LogP contribution is -2.15. The summed E-state index contributed by atoms with van der Waals surface area (Å²) in [6, 6.07) is 12.6. The lowest BCUT2D eigenvalue weighted by molar-refractivity contribution is 0.600. The molecule has 0 heterocycles. The molecule has 0 spiro atoms. The molecule has 100 valence electrons. The van der Waals surface area contributed by atoms with E-state index in [1.54, 1.807) is 24.3 Å². The molecule has 0 fully saturated rings. The molecule has 0 aromatic heterocycles. The van der Waals surface area contributed by atoms with Gasteiger partial charge in [-0.25, -0.2) is 12.8 Å². The number of benzene rings is 2. The van der Waals surface area contributed by atoms with Gasteiger partial charge in [0.2, 0.25) is 10.0 Å². The van der Waals surface area contributed by atoms with E-state index in [1.165, 1.54) is 12.1 Å². The van der Waals surface area contributed by atoms with Crippen LogP contribution in [0.3, 0.4) is 0 Å². The summed E-state index contributed by atoms with van der Waals surface area (Å²) in [6.07, 6.45) is 0. The number of rotatable bonds is 4. The van der Waals surface area contributed by atoms with E-state index in [0.29, 0.717) is 10.0 Å². The Morgan fingerprint density at radius 2 is 1.79 bits per heavy atom. The zero-order valence-corrected chi connectivity index (χ0v) is 12.2. The number of hydrogen-bond donors (Lipinski definition) is 1. The average Bonchev–Trinajstić information content (AvgIpc) is 2.34. The summed E-state index contributed by atoms with van der Waals surface area (Å²) in [5, 5.41) is 0. The molecule has 2 rings (SSSR count). The van der Waals surface area contributed by atoms with E-state index in [9.17, 15) is 12.8 Å². The molecule has 0 atom stereocenters. The Kier molecular flexibility index (Phi) is 4.21. The van der Waals surface area contributed by atoms with Gasteiger partial charge < -0.3 is 0 Å². The van der Waals surface area contributed by atoms with Gasteiger partial charge in [0.25, 0.3) is 0 Å². The lowest BCUT2D eigenvalue weighted by atomic mass is 10.2. The van der Waals surface area contributed by atoms with Gasteiger partial charge in [0.1, 0.15) is 5.82 Å². The minimum absolute atomic E-state index is 0.156. The number of nitrogens with one attached hydrogen (secondary N) is 1. The molecule has 0 aliphatic heterocycles. The van der Waals surface area contributed by atoms with Gasteiger partial charge in [-0.1, -0.05) is 30.3 Å². The quantitative estimate of drug-likeness (QED) is 0.922. The molecule has 2 aromatic carbocycles. The Morgan fingerprint density at radius 1 is 1.11 bits per heavy atom. The fraction of sp³-hybridized carbons (Fsp3) is 0.0769. The van der Waals surface area contributed by atoms with E-state index in [0.717, 1.165) is 6.07 Å². The van der Waals surface area contributed by atoms with Gasteiger partial charge in [0.05, 0.1) is 11.4 Å². The van der Waals surface area contributed by atoms with Crippen molar-refractivity contribution in [1.82, 2.24) is 0 Å². The molecular weight excluding hydrogens is 333 g/mol. The van der Waals surface area contributed by atoms with Crippen LogP contribution in [-0.2, 0) is 15.8 Å². The molecule has 0 unspecified atom stereocenters. The second kappa shape index (κ2) is 5.71. The molecule has 0 radical (unpaired) electrons. The van der Waals surface area contributed by atoms with Crippen LogP contribution in [-0.4, -0.2) is 8.42 Å². The van der Waals surface area contributed by atoms with Crippen LogP contribution in [0.5, 0.6) is 0 Å². The highest BCUT2D eigenvalue weighted by Gasteiger charge is 2.13. The Bertz CT molecular complexity index is 674. The first kappa shape index (κ1) is 14.0. The molecule has 1 N–H and O–H groups in total. The molecule has 0 amide bonds. The fourth-order valence-electron chi connectivity index (χ4n) is 1.57. The largest absolute Gasteiger partial charge is 0.282 e. The van der Waals surface area contributed by atoms with Crippen molar-refractivity contribution in [3.63, 3.8) is 0 Å². The van der Waals surface area contributed by atoms with Gasteiger partial charge in [-0.3, -0.25) is 4.72 Å². The normalized spacial score (nSPS) is 11.3. The molecule has 3 nitrogen and oxygen atoms in total. The van der Waals surface area contributed by atoms with E-state index in [-0.39, 0.29) is 11.4 Å². The third-order valence-corrected chi connectivity index (χ3v) is 4.33. The summed E-state index contributed by atoms with van der Waals surface area (Å²) in [6.45, 7) is 0. The summed E-state index contributed by atoms with van der Waals surface area (Å²) in [5.74, 6) is -0.655. The molecule has 0 saturated carbocycles. The number of anilines is 1. The Labute approximate surface area is 119 Å². The van der Waals surface area contributed by atoms with E-state index in [4.69, 9.17) is 0 Å². The Balaban J connectivity index is 2.20. The fourth-order valence-corrected chi connectivity index (χ4v) is 3.26. The molecule has 0 aliphatic carbocycles. The van der Waals surface area contributed by atoms with Gasteiger partial charge in [0.15, 0.2) is 0 Å². The second-order valence-electron chi connectivity index (χ2n) is 3.97. The number of hydrogen-bond acceptors (Lipinski definition) is 2. The van der Waals surface area contributed by atoms with Crippen LogP contribution >= 0.6 is 15.9 Å². The smallest absolute Gasteiger partial charge is 0.236 e. The third kappa shape index (κ3) is 4.04. The summed E-state index contributed by atoms with van der Waals surface area (Å²) < 4.78 is 39.9. The van der Waals surface area contributed by atoms with E-state index in [1.807, 2.05) is 6.07 Å². The first-order valence-corrected chi connectivity index (χ1v) is 7.90. The highest BCUT2D eigenvalue weighted by molar-refractivity contribution is 9.10. The predicted molar refractivity (Wildman–Crippen MR) is 76.8 cm³/mol. The van der Waals surface area contributed by atoms with Crippen LogP contribution in [0, 0.1) is 5.82 Å². The second-order valence-corrected chi connectivity index (χ2v) is 6.55. The van der Waals surface area contributed by atoms with Crippen molar-refractivity contribution in [2.24, 2.45) is 0 Å². The predicted octanol–water partition coefficient (Wildman–Crippen LogP) is 3.53. The van der Waals surface area contributed by atoms with Crippen LogP contribution in [0.4, 0.5) is 10.1 Å².